The molecule has 1 N–H and O–H groups in total. The van der Waals surface area contributed by atoms with Crippen LogP contribution in [-0.4, -0.2) is 16.8 Å². The number of carbonyl (C=O) groups is 2. The summed E-state index contributed by atoms with van der Waals surface area (Å²) in [6, 6.07) is 21.3. The van der Waals surface area contributed by atoms with E-state index in [1.54, 1.807) is 36.4 Å². The number of rotatable bonds is 6. The number of carbonyl (C=O) groups excluding carboxylic acids is 2. The minimum Gasteiger partial charge on any atom is -0.375 e. The molecule has 31 heavy (non-hydrogen) atoms. The number of amides is 1. The first-order chi connectivity index (χ1) is 14.9. The summed E-state index contributed by atoms with van der Waals surface area (Å²) in [5, 5.41) is 12.3. The van der Waals surface area contributed by atoms with E-state index in [-0.39, 0.29) is 18.7 Å². The van der Waals surface area contributed by atoms with Gasteiger partial charge in [-0.2, -0.15) is 0 Å². The van der Waals surface area contributed by atoms with Crippen molar-refractivity contribution in [1.82, 2.24) is 0 Å². The summed E-state index contributed by atoms with van der Waals surface area (Å²) < 4.78 is 0. The molecule has 0 bridgehead atoms. The van der Waals surface area contributed by atoms with E-state index in [4.69, 9.17) is 23.2 Å². The maximum atomic E-state index is 13.3. The van der Waals surface area contributed by atoms with Gasteiger partial charge >= 0.3 is 0 Å². The maximum Gasteiger partial charge on any atom is 0.264 e. The molecule has 1 aliphatic heterocycles. The first-order valence-electron chi connectivity index (χ1n) is 9.71. The highest BCUT2D eigenvalue weighted by Crippen LogP contribution is 2.44. The molecule has 1 heterocycles. The van der Waals surface area contributed by atoms with Crippen LogP contribution in [-0.2, 0) is 21.7 Å². The highest BCUT2D eigenvalue weighted by atomic mass is 35.5. The predicted octanol–water partition coefficient (Wildman–Crippen LogP) is 5.40. The lowest BCUT2D eigenvalue weighted by molar-refractivity contribution is -0.140. The number of aliphatic hydroxyl groups is 1. The number of hydrogen-bond donors (Lipinski definition) is 1. The SMILES string of the molecule is O=C(/C=C/c1ccccc1)C[C@@]1(O)C(=O)N(Cc2ccc(Cl)cc2)c2ccc(Cl)cc21. The van der Waals surface area contributed by atoms with Gasteiger partial charge in [-0.15, -0.1) is 0 Å². The first-order valence-corrected chi connectivity index (χ1v) is 10.5. The lowest BCUT2D eigenvalue weighted by atomic mass is 9.89. The second-order valence-electron chi connectivity index (χ2n) is 7.43. The summed E-state index contributed by atoms with van der Waals surface area (Å²) in [4.78, 5) is 27.4. The molecule has 156 valence electrons. The molecule has 0 fully saturated rings. The van der Waals surface area contributed by atoms with E-state index >= 15 is 0 Å². The summed E-state index contributed by atoms with van der Waals surface area (Å²) in [6.07, 6.45) is 2.67. The van der Waals surface area contributed by atoms with Gasteiger partial charge in [0.05, 0.1) is 18.7 Å². The van der Waals surface area contributed by atoms with Crippen LogP contribution in [0.5, 0.6) is 0 Å². The van der Waals surface area contributed by atoms with Crippen molar-refractivity contribution < 1.29 is 14.7 Å². The van der Waals surface area contributed by atoms with Gasteiger partial charge in [0, 0.05) is 15.6 Å². The molecule has 0 unspecified atom stereocenters. The van der Waals surface area contributed by atoms with Gasteiger partial charge in [0.25, 0.3) is 5.91 Å². The van der Waals surface area contributed by atoms with Crippen molar-refractivity contribution in [2.24, 2.45) is 0 Å². The Morgan fingerprint density at radius 3 is 2.35 bits per heavy atom. The van der Waals surface area contributed by atoms with E-state index in [1.807, 2.05) is 42.5 Å². The summed E-state index contributed by atoms with van der Waals surface area (Å²) in [5.41, 5.74) is 0.587. The molecular weight excluding hydrogens is 433 g/mol. The van der Waals surface area contributed by atoms with Gasteiger partial charge in [-0.25, -0.2) is 0 Å². The van der Waals surface area contributed by atoms with Crippen molar-refractivity contribution in [3.05, 3.63) is 106 Å². The largest absolute Gasteiger partial charge is 0.375 e. The minimum atomic E-state index is -1.98. The highest BCUT2D eigenvalue weighted by Gasteiger charge is 2.50. The fourth-order valence-corrected chi connectivity index (χ4v) is 3.99. The lowest BCUT2D eigenvalue weighted by Crippen LogP contribution is -2.41. The van der Waals surface area contributed by atoms with Crippen LogP contribution in [0.15, 0.2) is 78.9 Å². The van der Waals surface area contributed by atoms with Crippen LogP contribution in [0.3, 0.4) is 0 Å². The van der Waals surface area contributed by atoms with Gasteiger partial charge < -0.3 is 10.0 Å². The van der Waals surface area contributed by atoms with Gasteiger partial charge in [0.1, 0.15) is 0 Å². The molecule has 1 atom stereocenters. The molecule has 6 heteroatoms. The van der Waals surface area contributed by atoms with Crippen LogP contribution >= 0.6 is 23.2 Å². The van der Waals surface area contributed by atoms with E-state index in [9.17, 15) is 14.7 Å². The molecular formula is C25H19Cl2NO3. The Morgan fingerprint density at radius 2 is 1.65 bits per heavy atom. The zero-order valence-electron chi connectivity index (χ0n) is 16.5. The molecule has 3 aromatic rings. The maximum absolute atomic E-state index is 13.3. The van der Waals surface area contributed by atoms with Gasteiger partial charge in [-0.1, -0.05) is 71.7 Å². The van der Waals surface area contributed by atoms with Crippen LogP contribution in [0.2, 0.25) is 10.0 Å². The lowest BCUT2D eigenvalue weighted by Gasteiger charge is -2.22. The Bertz CT molecular complexity index is 1160. The van der Waals surface area contributed by atoms with E-state index in [2.05, 4.69) is 0 Å². The van der Waals surface area contributed by atoms with Crippen LogP contribution in [0.1, 0.15) is 23.1 Å². The number of allylic oxidation sites excluding steroid dienone is 1. The van der Waals surface area contributed by atoms with Gasteiger partial charge in [0.2, 0.25) is 0 Å². The number of anilines is 1. The number of nitrogens with zero attached hydrogens (tertiary/aromatic N) is 1. The Morgan fingerprint density at radius 1 is 0.968 bits per heavy atom. The highest BCUT2D eigenvalue weighted by molar-refractivity contribution is 6.31. The molecule has 1 aliphatic rings. The minimum absolute atomic E-state index is 0.237. The number of halogens is 2. The number of hydrogen-bond acceptors (Lipinski definition) is 3. The van der Waals surface area contributed by atoms with E-state index in [0.717, 1.165) is 11.1 Å². The molecule has 4 nitrogen and oxygen atoms in total. The van der Waals surface area contributed by atoms with Crippen LogP contribution in [0, 0.1) is 0 Å². The van der Waals surface area contributed by atoms with E-state index in [1.165, 1.54) is 11.0 Å². The normalized spacial score (nSPS) is 17.9. The second kappa shape index (κ2) is 8.67. The summed E-state index contributed by atoms with van der Waals surface area (Å²) in [7, 11) is 0. The van der Waals surface area contributed by atoms with Gasteiger partial charge in [-0.3, -0.25) is 9.59 Å². The predicted molar refractivity (Wildman–Crippen MR) is 123 cm³/mol. The molecule has 0 aliphatic carbocycles. The zero-order chi connectivity index (χ0) is 22.0. The number of ketones is 1. The molecule has 4 rings (SSSR count). The molecule has 1 amide bonds. The molecule has 0 radical (unpaired) electrons. The fraction of sp³-hybridized carbons (Fsp3) is 0.120. The van der Waals surface area contributed by atoms with Crippen molar-refractivity contribution in [2.45, 2.75) is 18.6 Å². The Kier molecular flexibility index (Phi) is 5.96. The average molecular weight is 452 g/mol. The molecule has 0 saturated carbocycles. The molecule has 3 aromatic carbocycles. The molecule has 0 aromatic heterocycles. The molecule has 0 saturated heterocycles. The quantitative estimate of drug-likeness (QED) is 0.510. The first kappa shape index (κ1) is 21.3. The number of fused-ring (bicyclic) bond motifs is 1. The van der Waals surface area contributed by atoms with Crippen molar-refractivity contribution in [1.29, 1.82) is 0 Å². The summed E-state index contributed by atoms with van der Waals surface area (Å²) in [6.45, 7) is 0.237. The molecule has 0 spiro atoms. The smallest absolute Gasteiger partial charge is 0.264 e. The van der Waals surface area contributed by atoms with Crippen molar-refractivity contribution >= 4 is 46.7 Å². The summed E-state index contributed by atoms with van der Waals surface area (Å²) >= 11 is 12.1. The monoisotopic (exact) mass is 451 g/mol. The average Bonchev–Trinajstić information content (AvgIpc) is 2.96. The van der Waals surface area contributed by atoms with Crippen molar-refractivity contribution in [2.75, 3.05) is 4.90 Å². The van der Waals surface area contributed by atoms with Gasteiger partial charge in [0.15, 0.2) is 11.4 Å². The third kappa shape index (κ3) is 4.42. The fourth-order valence-electron chi connectivity index (χ4n) is 3.69. The third-order valence-electron chi connectivity index (χ3n) is 5.24. The van der Waals surface area contributed by atoms with E-state index in [0.29, 0.717) is 21.3 Å². The topological polar surface area (TPSA) is 57.6 Å². The van der Waals surface area contributed by atoms with E-state index < -0.39 is 11.5 Å². The van der Waals surface area contributed by atoms with Crippen LogP contribution in [0.4, 0.5) is 5.69 Å². The van der Waals surface area contributed by atoms with Gasteiger partial charge in [-0.05, 0) is 47.5 Å². The second-order valence-corrected chi connectivity index (χ2v) is 8.30. The van der Waals surface area contributed by atoms with Crippen LogP contribution in [0.25, 0.3) is 6.08 Å². The number of benzene rings is 3. The standard InChI is InChI=1S/C25H19Cl2NO3/c26-19-9-6-18(7-10-19)16-28-23-13-11-20(27)14-22(23)25(31,24(28)30)15-21(29)12-8-17-4-2-1-3-5-17/h1-14,31H,15-16H2/b12-8+/t25-/m0/s1. The van der Waals surface area contributed by atoms with Crippen molar-refractivity contribution in [3.63, 3.8) is 0 Å². The van der Waals surface area contributed by atoms with Crippen molar-refractivity contribution in [3.8, 4) is 0 Å². The third-order valence-corrected chi connectivity index (χ3v) is 5.73. The summed E-state index contributed by atoms with van der Waals surface area (Å²) in [5.74, 6) is -0.917. The Balaban J connectivity index is 1.63. The van der Waals surface area contributed by atoms with Crippen LogP contribution < -0.4 is 4.90 Å². The Labute approximate surface area is 190 Å². The zero-order valence-corrected chi connectivity index (χ0v) is 18.0. The Hall–Kier alpha value is -2.92.